The highest BCUT2D eigenvalue weighted by Gasteiger charge is 2.18. The quantitative estimate of drug-likeness (QED) is 0.315. The van der Waals surface area contributed by atoms with Gasteiger partial charge in [0.25, 0.3) is 5.91 Å². The molecule has 0 saturated carbocycles. The van der Waals surface area contributed by atoms with Crippen LogP contribution in [-0.4, -0.2) is 41.6 Å². The molecular formula is C28H26FN5O3S. The summed E-state index contributed by atoms with van der Waals surface area (Å²) < 4.78 is 20.6. The Morgan fingerprint density at radius 1 is 1.13 bits per heavy atom. The Kier molecular flexibility index (Phi) is 7.23. The normalized spacial score (nSPS) is 13.3. The fourth-order valence-electron chi connectivity index (χ4n) is 4.10. The lowest BCUT2D eigenvalue weighted by atomic mass is 10.1. The molecule has 0 atom stereocenters. The van der Waals surface area contributed by atoms with Crippen LogP contribution in [0.3, 0.4) is 0 Å². The van der Waals surface area contributed by atoms with Crippen molar-refractivity contribution in [2.75, 3.05) is 29.9 Å². The molecule has 1 aromatic heterocycles. The summed E-state index contributed by atoms with van der Waals surface area (Å²) in [4.78, 5) is 19.2. The standard InChI is InChI=1S/C28H26FN5O3S/c1-3-33(4-2)22-11-5-19(25(35)14-22)15-30-34-24(17-38-28(34)31-21-9-7-20(29)8-10-21)18-6-12-26-23(13-18)32-27(36)16-37-26/h5-15,17,35H,3-4,16H2,1-2H3,(H,32,36). The number of benzene rings is 3. The van der Waals surface area contributed by atoms with Crippen LogP contribution in [0.15, 0.2) is 76.1 Å². The second-order valence-corrected chi connectivity index (χ2v) is 9.35. The average molecular weight is 532 g/mol. The number of carbonyl (C=O) groups excluding carboxylic acids is 1. The van der Waals surface area contributed by atoms with Crippen LogP contribution in [-0.2, 0) is 4.79 Å². The van der Waals surface area contributed by atoms with Gasteiger partial charge in [0, 0.05) is 41.4 Å². The minimum absolute atomic E-state index is 0.0215. The van der Waals surface area contributed by atoms with Gasteiger partial charge >= 0.3 is 0 Å². The summed E-state index contributed by atoms with van der Waals surface area (Å²) in [5.41, 5.74) is 4.12. The van der Waals surface area contributed by atoms with Gasteiger partial charge in [-0.1, -0.05) is 0 Å². The van der Waals surface area contributed by atoms with E-state index in [1.165, 1.54) is 23.5 Å². The number of nitrogens with zero attached hydrogens (tertiary/aromatic N) is 4. The van der Waals surface area contributed by atoms with Crippen molar-refractivity contribution in [1.82, 2.24) is 4.68 Å². The minimum Gasteiger partial charge on any atom is -0.507 e. The van der Waals surface area contributed by atoms with Gasteiger partial charge in [-0.15, -0.1) is 11.3 Å². The SMILES string of the molecule is CCN(CC)c1ccc(C=Nn2c(-c3ccc4c(c3)NC(=O)CO4)csc2=Nc2ccc(F)cc2)c(O)c1. The number of amides is 1. The molecule has 1 aliphatic rings. The number of anilines is 2. The molecule has 0 aliphatic carbocycles. The molecular weight excluding hydrogens is 505 g/mol. The van der Waals surface area contributed by atoms with Crippen LogP contribution >= 0.6 is 11.3 Å². The third kappa shape index (κ3) is 5.30. The Morgan fingerprint density at radius 2 is 1.92 bits per heavy atom. The van der Waals surface area contributed by atoms with E-state index in [0.29, 0.717) is 33.2 Å². The molecule has 10 heteroatoms. The van der Waals surface area contributed by atoms with E-state index in [0.717, 1.165) is 24.3 Å². The molecule has 0 saturated heterocycles. The van der Waals surface area contributed by atoms with Gasteiger partial charge in [-0.3, -0.25) is 4.79 Å². The Bertz CT molecular complexity index is 1570. The number of phenols is 1. The number of phenolic OH excluding ortho intramolecular Hbond substituents is 1. The number of halogens is 1. The van der Waals surface area contributed by atoms with Crippen LogP contribution < -0.4 is 19.8 Å². The predicted octanol–water partition coefficient (Wildman–Crippen LogP) is 5.35. The Balaban J connectivity index is 1.58. The number of fused-ring (bicyclic) bond motifs is 1. The third-order valence-corrected chi connectivity index (χ3v) is 6.92. The first kappa shape index (κ1) is 25.2. The summed E-state index contributed by atoms with van der Waals surface area (Å²) in [6.45, 7) is 5.77. The maximum atomic E-state index is 13.4. The maximum Gasteiger partial charge on any atom is 0.262 e. The zero-order chi connectivity index (χ0) is 26.6. The van der Waals surface area contributed by atoms with Crippen LogP contribution in [0.4, 0.5) is 21.5 Å². The lowest BCUT2D eigenvalue weighted by Gasteiger charge is -2.21. The Labute approximate surface area is 223 Å². The van der Waals surface area contributed by atoms with E-state index in [9.17, 15) is 14.3 Å². The molecule has 4 aromatic rings. The highest BCUT2D eigenvalue weighted by Crippen LogP contribution is 2.33. The van der Waals surface area contributed by atoms with Crippen LogP contribution in [0, 0.1) is 5.82 Å². The number of thiazole rings is 1. The number of ether oxygens (including phenoxy) is 1. The average Bonchev–Trinajstić information content (AvgIpc) is 3.32. The molecule has 8 nitrogen and oxygen atoms in total. The van der Waals surface area contributed by atoms with Crippen LogP contribution in [0.25, 0.3) is 11.3 Å². The van der Waals surface area contributed by atoms with Crippen molar-refractivity contribution in [2.45, 2.75) is 13.8 Å². The lowest BCUT2D eigenvalue weighted by Crippen LogP contribution is -2.25. The summed E-state index contributed by atoms with van der Waals surface area (Å²) in [6, 6.07) is 16.9. The van der Waals surface area contributed by atoms with E-state index in [1.807, 2.05) is 29.6 Å². The zero-order valence-corrected chi connectivity index (χ0v) is 21.7. The smallest absolute Gasteiger partial charge is 0.262 e. The van der Waals surface area contributed by atoms with E-state index < -0.39 is 0 Å². The van der Waals surface area contributed by atoms with E-state index in [4.69, 9.17) is 4.74 Å². The zero-order valence-electron chi connectivity index (χ0n) is 20.9. The summed E-state index contributed by atoms with van der Waals surface area (Å²) in [5.74, 6) is 0.138. The van der Waals surface area contributed by atoms with Crippen LogP contribution in [0.2, 0.25) is 0 Å². The number of rotatable bonds is 7. The van der Waals surface area contributed by atoms with Crippen molar-refractivity contribution in [3.05, 3.63) is 82.2 Å². The molecule has 1 amide bonds. The number of carbonyl (C=O) groups is 1. The lowest BCUT2D eigenvalue weighted by molar-refractivity contribution is -0.118. The maximum absolute atomic E-state index is 13.4. The Hall–Kier alpha value is -4.44. The van der Waals surface area contributed by atoms with Crippen molar-refractivity contribution in [2.24, 2.45) is 10.1 Å². The first-order valence-corrected chi connectivity index (χ1v) is 13.0. The molecule has 2 heterocycles. The van der Waals surface area contributed by atoms with Gasteiger partial charge in [-0.2, -0.15) is 5.10 Å². The minimum atomic E-state index is -0.344. The summed E-state index contributed by atoms with van der Waals surface area (Å²) in [7, 11) is 0. The summed E-state index contributed by atoms with van der Waals surface area (Å²) in [6.07, 6.45) is 1.57. The predicted molar refractivity (Wildman–Crippen MR) is 148 cm³/mol. The van der Waals surface area contributed by atoms with Gasteiger partial charge in [-0.25, -0.2) is 14.1 Å². The molecule has 0 fully saturated rings. The number of nitrogens with one attached hydrogen (secondary N) is 1. The summed E-state index contributed by atoms with van der Waals surface area (Å²) >= 11 is 1.36. The fraction of sp³-hybridized carbons (Fsp3) is 0.179. The highest BCUT2D eigenvalue weighted by atomic mass is 32.1. The molecule has 194 valence electrons. The molecule has 1 aliphatic heterocycles. The number of aromatic nitrogens is 1. The monoisotopic (exact) mass is 531 g/mol. The largest absolute Gasteiger partial charge is 0.507 e. The molecule has 5 rings (SSSR count). The van der Waals surface area contributed by atoms with Gasteiger partial charge in [0.2, 0.25) is 4.80 Å². The molecule has 38 heavy (non-hydrogen) atoms. The van der Waals surface area contributed by atoms with Crippen molar-refractivity contribution in [3.8, 4) is 22.8 Å². The number of aromatic hydroxyl groups is 1. The van der Waals surface area contributed by atoms with Crippen molar-refractivity contribution in [3.63, 3.8) is 0 Å². The van der Waals surface area contributed by atoms with Gasteiger partial charge in [0.15, 0.2) is 6.61 Å². The van der Waals surface area contributed by atoms with E-state index in [2.05, 4.69) is 34.2 Å². The van der Waals surface area contributed by atoms with Crippen LogP contribution in [0.5, 0.6) is 11.5 Å². The van der Waals surface area contributed by atoms with Gasteiger partial charge < -0.3 is 20.1 Å². The van der Waals surface area contributed by atoms with Crippen molar-refractivity contribution in [1.29, 1.82) is 0 Å². The van der Waals surface area contributed by atoms with Crippen molar-refractivity contribution >= 4 is 40.5 Å². The fourth-order valence-corrected chi connectivity index (χ4v) is 4.96. The molecule has 0 unspecified atom stereocenters. The van der Waals surface area contributed by atoms with E-state index in [-0.39, 0.29) is 24.1 Å². The second kappa shape index (κ2) is 10.9. The number of hydrogen-bond acceptors (Lipinski definition) is 7. The van der Waals surface area contributed by atoms with E-state index >= 15 is 0 Å². The molecule has 0 spiro atoms. The first-order chi connectivity index (χ1) is 18.4. The summed E-state index contributed by atoms with van der Waals surface area (Å²) in [5, 5.41) is 20.1. The topological polar surface area (TPSA) is 91.5 Å². The third-order valence-electron chi connectivity index (χ3n) is 6.10. The van der Waals surface area contributed by atoms with Crippen LogP contribution in [0.1, 0.15) is 19.4 Å². The molecule has 0 bridgehead atoms. The molecule has 0 radical (unpaired) electrons. The molecule has 2 N–H and O–H groups in total. The Morgan fingerprint density at radius 3 is 2.66 bits per heavy atom. The second-order valence-electron chi connectivity index (χ2n) is 8.51. The van der Waals surface area contributed by atoms with Gasteiger partial charge in [-0.05, 0) is 68.4 Å². The molecule has 3 aromatic carbocycles. The highest BCUT2D eigenvalue weighted by molar-refractivity contribution is 7.07. The van der Waals surface area contributed by atoms with Gasteiger partial charge in [0.1, 0.15) is 17.3 Å². The first-order valence-electron chi connectivity index (χ1n) is 12.2. The van der Waals surface area contributed by atoms with Crippen molar-refractivity contribution < 1.29 is 19.0 Å². The van der Waals surface area contributed by atoms with Gasteiger partial charge in [0.05, 0.1) is 23.3 Å². The van der Waals surface area contributed by atoms with E-state index in [1.54, 1.807) is 35.2 Å². The number of hydrogen-bond donors (Lipinski definition) is 2.